The monoisotopic (exact) mass is 369 g/mol. The van der Waals surface area contributed by atoms with E-state index in [1.54, 1.807) is 18.3 Å². The van der Waals surface area contributed by atoms with Gasteiger partial charge >= 0.3 is 0 Å². The van der Waals surface area contributed by atoms with Gasteiger partial charge in [0.05, 0.1) is 12.1 Å². The summed E-state index contributed by atoms with van der Waals surface area (Å²) in [7, 11) is 0. The maximum atomic E-state index is 11.1. The summed E-state index contributed by atoms with van der Waals surface area (Å²) in [5.74, 6) is 1.36. The number of benzene rings is 1. The molecule has 2 heterocycles. The van der Waals surface area contributed by atoms with Crippen LogP contribution < -0.4 is 16.4 Å². The van der Waals surface area contributed by atoms with E-state index in [0.29, 0.717) is 24.0 Å². The quantitative estimate of drug-likeness (QED) is 0.694. The van der Waals surface area contributed by atoms with Gasteiger partial charge in [0.15, 0.2) is 0 Å². The number of anilines is 2. The molecule has 144 valence electrons. The molecule has 1 aromatic heterocycles. The first-order chi connectivity index (χ1) is 13.0. The molecule has 1 aliphatic rings. The summed E-state index contributed by atoms with van der Waals surface area (Å²) in [6.45, 7) is 5.75. The Morgan fingerprint density at radius 3 is 2.78 bits per heavy atom. The number of aromatic nitrogens is 2. The summed E-state index contributed by atoms with van der Waals surface area (Å²) < 4.78 is 5.93. The first-order valence-corrected chi connectivity index (χ1v) is 9.36. The highest BCUT2D eigenvalue weighted by Crippen LogP contribution is 2.23. The van der Waals surface area contributed by atoms with Crippen LogP contribution in [-0.2, 0) is 11.3 Å². The van der Waals surface area contributed by atoms with E-state index in [0.717, 1.165) is 30.8 Å². The van der Waals surface area contributed by atoms with Crippen LogP contribution in [0.2, 0.25) is 0 Å². The second-order valence-corrected chi connectivity index (χ2v) is 7.15. The van der Waals surface area contributed by atoms with E-state index in [1.165, 1.54) is 0 Å². The zero-order valence-corrected chi connectivity index (χ0v) is 15.8. The van der Waals surface area contributed by atoms with Gasteiger partial charge in [-0.2, -0.15) is 4.98 Å². The fourth-order valence-corrected chi connectivity index (χ4v) is 3.30. The number of ether oxygens (including phenoxy) is 1. The third-order valence-corrected chi connectivity index (χ3v) is 4.70. The van der Waals surface area contributed by atoms with Crippen molar-refractivity contribution in [2.45, 2.75) is 45.4 Å². The highest BCUT2D eigenvalue weighted by molar-refractivity contribution is 5.92. The highest BCUT2D eigenvalue weighted by Gasteiger charge is 2.28. The van der Waals surface area contributed by atoms with Gasteiger partial charge in [0, 0.05) is 24.9 Å². The molecule has 0 spiro atoms. The molecule has 0 bridgehead atoms. The Morgan fingerprint density at radius 2 is 2.07 bits per heavy atom. The van der Waals surface area contributed by atoms with Gasteiger partial charge in [-0.1, -0.05) is 26.0 Å². The van der Waals surface area contributed by atoms with Crippen LogP contribution in [0.4, 0.5) is 11.8 Å². The lowest BCUT2D eigenvalue weighted by Crippen LogP contribution is -2.43. The number of rotatable bonds is 7. The van der Waals surface area contributed by atoms with Crippen molar-refractivity contribution in [1.29, 1.82) is 0 Å². The molecule has 0 saturated carbocycles. The van der Waals surface area contributed by atoms with Crippen LogP contribution >= 0.6 is 0 Å². The van der Waals surface area contributed by atoms with E-state index in [1.807, 2.05) is 18.2 Å². The molecule has 1 fully saturated rings. The van der Waals surface area contributed by atoms with Crippen molar-refractivity contribution in [3.05, 3.63) is 47.7 Å². The van der Waals surface area contributed by atoms with Gasteiger partial charge < -0.3 is 21.1 Å². The van der Waals surface area contributed by atoms with Crippen LogP contribution in [0.3, 0.4) is 0 Å². The van der Waals surface area contributed by atoms with Crippen LogP contribution in [-0.4, -0.2) is 34.6 Å². The molecule has 1 amide bonds. The van der Waals surface area contributed by atoms with Gasteiger partial charge in [0.25, 0.3) is 0 Å². The second kappa shape index (κ2) is 8.81. The minimum absolute atomic E-state index is 0.189. The Labute approximate surface area is 159 Å². The molecule has 7 heteroatoms. The fourth-order valence-electron chi connectivity index (χ4n) is 3.30. The average molecular weight is 369 g/mol. The Bertz CT molecular complexity index is 763. The molecule has 1 saturated heterocycles. The SMILES string of the molecule is CC(C)[C@H]1OCCC[C@H]1Nc1ccnc(NCc2ccc(C(N)=O)cc2)n1. The van der Waals surface area contributed by atoms with Gasteiger partial charge in [-0.3, -0.25) is 4.79 Å². The predicted molar refractivity (Wildman–Crippen MR) is 106 cm³/mol. The molecule has 3 rings (SSSR count). The minimum Gasteiger partial charge on any atom is -0.376 e. The largest absolute Gasteiger partial charge is 0.376 e. The van der Waals surface area contributed by atoms with Crippen LogP contribution in [0.5, 0.6) is 0 Å². The van der Waals surface area contributed by atoms with Gasteiger partial charge in [-0.15, -0.1) is 0 Å². The number of nitrogens with one attached hydrogen (secondary N) is 2. The fraction of sp³-hybridized carbons (Fsp3) is 0.450. The van der Waals surface area contributed by atoms with Gasteiger partial charge in [0.2, 0.25) is 11.9 Å². The molecule has 0 unspecified atom stereocenters. The van der Waals surface area contributed by atoms with Crippen molar-refractivity contribution in [3.63, 3.8) is 0 Å². The maximum Gasteiger partial charge on any atom is 0.248 e. The van der Waals surface area contributed by atoms with Gasteiger partial charge in [-0.25, -0.2) is 4.98 Å². The van der Waals surface area contributed by atoms with Crippen LogP contribution in [0.1, 0.15) is 42.6 Å². The second-order valence-electron chi connectivity index (χ2n) is 7.15. The predicted octanol–water partition coefficient (Wildman–Crippen LogP) is 2.80. The summed E-state index contributed by atoms with van der Waals surface area (Å²) in [4.78, 5) is 20.0. The molecule has 7 nitrogen and oxygen atoms in total. The summed E-state index contributed by atoms with van der Waals surface area (Å²) >= 11 is 0. The smallest absolute Gasteiger partial charge is 0.248 e. The number of hydrogen-bond acceptors (Lipinski definition) is 6. The Morgan fingerprint density at radius 1 is 1.30 bits per heavy atom. The summed E-state index contributed by atoms with van der Waals surface area (Å²) in [6.07, 6.45) is 4.05. The number of nitrogens with two attached hydrogens (primary N) is 1. The number of carbonyl (C=O) groups excluding carboxylic acids is 1. The topological polar surface area (TPSA) is 102 Å². The van der Waals surface area contributed by atoms with Gasteiger partial charge in [-0.05, 0) is 42.5 Å². The molecule has 2 atom stereocenters. The van der Waals surface area contributed by atoms with Crippen LogP contribution in [0.15, 0.2) is 36.5 Å². The van der Waals surface area contributed by atoms with E-state index in [-0.39, 0.29) is 12.1 Å². The Balaban J connectivity index is 1.60. The first kappa shape index (κ1) is 19.1. The van der Waals surface area contributed by atoms with E-state index in [4.69, 9.17) is 10.5 Å². The van der Waals surface area contributed by atoms with Gasteiger partial charge in [0.1, 0.15) is 5.82 Å². The normalized spacial score (nSPS) is 19.7. The van der Waals surface area contributed by atoms with Crippen molar-refractivity contribution >= 4 is 17.7 Å². The van der Waals surface area contributed by atoms with E-state index < -0.39 is 5.91 Å². The molecule has 4 N–H and O–H groups in total. The number of hydrogen-bond donors (Lipinski definition) is 3. The maximum absolute atomic E-state index is 11.1. The molecular formula is C20H27N5O2. The molecule has 2 aromatic rings. The Hall–Kier alpha value is -2.67. The molecular weight excluding hydrogens is 342 g/mol. The number of carbonyl (C=O) groups is 1. The highest BCUT2D eigenvalue weighted by atomic mass is 16.5. The number of nitrogens with zero attached hydrogens (tertiary/aromatic N) is 2. The van der Waals surface area contributed by atoms with E-state index >= 15 is 0 Å². The van der Waals surface area contributed by atoms with Crippen molar-refractivity contribution in [2.24, 2.45) is 11.7 Å². The summed E-state index contributed by atoms with van der Waals surface area (Å²) in [5.41, 5.74) is 6.77. The molecule has 0 aliphatic carbocycles. The lowest BCUT2D eigenvalue weighted by Gasteiger charge is -2.35. The number of amides is 1. The lowest BCUT2D eigenvalue weighted by atomic mass is 9.94. The third-order valence-electron chi connectivity index (χ3n) is 4.70. The zero-order valence-electron chi connectivity index (χ0n) is 15.8. The van der Waals surface area contributed by atoms with Crippen molar-refractivity contribution in [3.8, 4) is 0 Å². The van der Waals surface area contributed by atoms with Crippen molar-refractivity contribution in [2.75, 3.05) is 17.2 Å². The summed E-state index contributed by atoms with van der Waals surface area (Å²) in [6, 6.07) is 9.28. The van der Waals surface area contributed by atoms with Crippen molar-refractivity contribution < 1.29 is 9.53 Å². The molecule has 0 radical (unpaired) electrons. The van der Waals surface area contributed by atoms with Crippen LogP contribution in [0.25, 0.3) is 0 Å². The minimum atomic E-state index is -0.428. The molecule has 1 aliphatic heterocycles. The standard InChI is InChI=1S/C20H27N5O2/c1-13(2)18-16(4-3-11-27-18)24-17-9-10-22-20(25-17)23-12-14-5-7-15(8-6-14)19(21)26/h5-10,13,16,18H,3-4,11-12H2,1-2H3,(H2,21,26)(H2,22,23,24,25)/t16-,18-/m1/s1. The lowest BCUT2D eigenvalue weighted by molar-refractivity contribution is -0.0203. The zero-order chi connectivity index (χ0) is 19.2. The average Bonchev–Trinajstić information content (AvgIpc) is 2.67. The molecule has 27 heavy (non-hydrogen) atoms. The van der Waals surface area contributed by atoms with Crippen molar-refractivity contribution in [1.82, 2.24) is 9.97 Å². The summed E-state index contributed by atoms with van der Waals surface area (Å²) in [5, 5.41) is 6.71. The van der Waals surface area contributed by atoms with E-state index in [9.17, 15) is 4.79 Å². The molecule has 1 aromatic carbocycles. The third kappa shape index (κ3) is 5.17. The number of primary amides is 1. The van der Waals surface area contributed by atoms with Crippen LogP contribution in [0, 0.1) is 5.92 Å². The first-order valence-electron chi connectivity index (χ1n) is 9.36. The Kier molecular flexibility index (Phi) is 6.24. The van der Waals surface area contributed by atoms with E-state index in [2.05, 4.69) is 34.4 Å².